The summed E-state index contributed by atoms with van der Waals surface area (Å²) in [4.78, 5) is 0.604. The average molecular weight is 309 g/mol. The minimum atomic E-state index is -4.39. The first-order valence-electron chi connectivity index (χ1n) is 6.30. The van der Waals surface area contributed by atoms with E-state index in [9.17, 15) is 13.2 Å². The van der Waals surface area contributed by atoms with Gasteiger partial charge in [-0.05, 0) is 55.4 Å². The fourth-order valence-electron chi connectivity index (χ4n) is 2.29. The number of fused-ring (bicyclic) bond motifs is 1. The summed E-state index contributed by atoms with van der Waals surface area (Å²) in [5.74, 6) is 0. The average Bonchev–Trinajstić information content (AvgIpc) is 2.64. The van der Waals surface area contributed by atoms with Gasteiger partial charge >= 0.3 is 5.51 Å². The topological polar surface area (TPSA) is 0 Å². The molecule has 1 aliphatic rings. The molecule has 0 radical (unpaired) electrons. The van der Waals surface area contributed by atoms with Gasteiger partial charge in [-0.2, -0.15) is 13.2 Å². The largest absolute Gasteiger partial charge is 0.445 e. The van der Waals surface area contributed by atoms with Crippen molar-refractivity contribution in [2.45, 2.75) is 43.0 Å². The maximum Gasteiger partial charge on any atom is 0.445 e. The molecule has 0 saturated heterocycles. The molecular weight excluding hydrogens is 293 g/mol. The highest BCUT2D eigenvalue weighted by molar-refractivity contribution is 8.54. The van der Waals surface area contributed by atoms with Crippen LogP contribution < -0.4 is 0 Å². The lowest BCUT2D eigenvalue weighted by Crippen LogP contribution is -2.16. The SMILES string of the molecule is CCCCCC1=Cc2ccccc2S1(Cl)C(F)(F)F. The van der Waals surface area contributed by atoms with E-state index in [-0.39, 0.29) is 4.90 Å². The zero-order valence-electron chi connectivity index (χ0n) is 10.6. The van der Waals surface area contributed by atoms with Crippen molar-refractivity contribution in [3.05, 3.63) is 34.7 Å². The van der Waals surface area contributed by atoms with E-state index in [1.165, 1.54) is 6.07 Å². The second-order valence-electron chi connectivity index (χ2n) is 4.59. The van der Waals surface area contributed by atoms with E-state index in [1.54, 1.807) is 24.3 Å². The van der Waals surface area contributed by atoms with Crippen LogP contribution in [0.15, 0.2) is 34.1 Å². The van der Waals surface area contributed by atoms with Crippen LogP contribution in [-0.4, -0.2) is 5.51 Å². The van der Waals surface area contributed by atoms with E-state index in [2.05, 4.69) is 0 Å². The van der Waals surface area contributed by atoms with Gasteiger partial charge in [0.05, 0.1) is 0 Å². The zero-order chi connectivity index (χ0) is 14.1. The molecule has 0 aromatic heterocycles. The molecule has 19 heavy (non-hydrogen) atoms. The lowest BCUT2D eigenvalue weighted by Gasteiger charge is -2.34. The van der Waals surface area contributed by atoms with Crippen molar-refractivity contribution in [2.24, 2.45) is 0 Å². The first-order valence-corrected chi connectivity index (χ1v) is 8.76. The summed E-state index contributed by atoms with van der Waals surface area (Å²) in [7, 11) is 2.75. The number of benzene rings is 1. The zero-order valence-corrected chi connectivity index (χ0v) is 12.2. The summed E-state index contributed by atoms with van der Waals surface area (Å²) in [5.41, 5.74) is -3.77. The summed E-state index contributed by atoms with van der Waals surface area (Å²) < 4.78 is 40.3. The summed E-state index contributed by atoms with van der Waals surface area (Å²) in [6.07, 6.45) is 4.74. The molecule has 2 rings (SSSR count). The third kappa shape index (κ3) is 2.52. The molecule has 1 heterocycles. The first-order chi connectivity index (χ1) is 8.91. The quantitative estimate of drug-likeness (QED) is 0.560. The predicted molar refractivity (Wildman–Crippen MR) is 76.3 cm³/mol. The molecule has 0 saturated carbocycles. The molecule has 106 valence electrons. The molecule has 1 aromatic rings. The second-order valence-corrected chi connectivity index (χ2v) is 8.48. The number of halogens is 4. The Labute approximate surface area is 117 Å². The number of unbranched alkanes of at least 4 members (excludes halogenated alkanes) is 2. The highest BCUT2D eigenvalue weighted by atomic mass is 35.7. The standard InChI is InChI=1S/C14H16ClF3S/c1-2-3-4-8-12-10-11-7-5-6-9-13(11)19(12,15)14(16,17)18/h5-7,9-10H,2-4,8H2,1H3. The van der Waals surface area contributed by atoms with Crippen LogP contribution in [0.4, 0.5) is 13.2 Å². The van der Waals surface area contributed by atoms with E-state index in [4.69, 9.17) is 10.7 Å². The molecule has 1 aromatic carbocycles. The Hall–Kier alpha value is -0.610. The minimum absolute atomic E-state index is 0.246. The van der Waals surface area contributed by atoms with Gasteiger partial charge in [0.1, 0.15) is 0 Å². The number of hydrogen-bond acceptors (Lipinski definition) is 0. The van der Waals surface area contributed by atoms with E-state index in [1.807, 2.05) is 6.92 Å². The van der Waals surface area contributed by atoms with Crippen molar-refractivity contribution in [3.8, 4) is 0 Å². The summed E-state index contributed by atoms with van der Waals surface area (Å²) in [6, 6.07) is 6.58. The van der Waals surface area contributed by atoms with Gasteiger partial charge in [0.25, 0.3) is 0 Å². The minimum Gasteiger partial charge on any atom is -0.160 e. The van der Waals surface area contributed by atoms with Gasteiger partial charge in [-0.1, -0.05) is 38.0 Å². The molecule has 1 unspecified atom stereocenters. The van der Waals surface area contributed by atoms with Crippen molar-refractivity contribution in [2.75, 3.05) is 0 Å². The summed E-state index contributed by atoms with van der Waals surface area (Å²) >= 11 is 0. The van der Waals surface area contributed by atoms with E-state index in [0.29, 0.717) is 16.9 Å². The Balaban J connectivity index is 2.38. The molecule has 0 aliphatic carbocycles. The highest BCUT2D eigenvalue weighted by Gasteiger charge is 2.55. The molecule has 0 nitrogen and oxygen atoms in total. The third-order valence-electron chi connectivity index (χ3n) is 3.25. The van der Waals surface area contributed by atoms with Crippen LogP contribution in [0.3, 0.4) is 0 Å². The van der Waals surface area contributed by atoms with Crippen molar-refractivity contribution in [1.82, 2.24) is 0 Å². The molecule has 1 atom stereocenters. The fraction of sp³-hybridized carbons (Fsp3) is 0.429. The van der Waals surface area contributed by atoms with Crippen molar-refractivity contribution >= 4 is 26.0 Å². The molecular formula is C14H16ClF3S. The Kier molecular flexibility index (Phi) is 4.21. The Morgan fingerprint density at radius 1 is 1.16 bits per heavy atom. The number of allylic oxidation sites excluding steroid dienone is 1. The van der Waals surface area contributed by atoms with Crippen LogP contribution in [0.2, 0.25) is 0 Å². The Bertz CT molecular complexity index is 496. The van der Waals surface area contributed by atoms with Crippen molar-refractivity contribution < 1.29 is 13.2 Å². The molecule has 0 spiro atoms. The molecule has 0 fully saturated rings. The molecule has 0 bridgehead atoms. The van der Waals surface area contributed by atoms with Crippen LogP contribution in [0, 0.1) is 0 Å². The van der Waals surface area contributed by atoms with Crippen molar-refractivity contribution in [3.63, 3.8) is 0 Å². The van der Waals surface area contributed by atoms with Crippen LogP contribution in [-0.2, 0) is 0 Å². The maximum absolute atomic E-state index is 13.4. The van der Waals surface area contributed by atoms with Crippen LogP contribution in [0.5, 0.6) is 0 Å². The lowest BCUT2D eigenvalue weighted by molar-refractivity contribution is -0.0359. The van der Waals surface area contributed by atoms with Crippen LogP contribution in [0.25, 0.3) is 6.08 Å². The van der Waals surface area contributed by atoms with Gasteiger partial charge in [-0.15, -0.1) is 0 Å². The number of alkyl halides is 3. The van der Waals surface area contributed by atoms with Gasteiger partial charge in [0.2, 0.25) is 0 Å². The maximum atomic E-state index is 13.4. The van der Waals surface area contributed by atoms with Crippen LogP contribution in [0.1, 0.15) is 38.2 Å². The van der Waals surface area contributed by atoms with Crippen molar-refractivity contribution in [1.29, 1.82) is 0 Å². The molecule has 5 heteroatoms. The third-order valence-corrected chi connectivity index (χ3v) is 7.52. The fourth-order valence-corrected chi connectivity index (χ4v) is 5.34. The smallest absolute Gasteiger partial charge is 0.160 e. The number of rotatable bonds is 4. The number of hydrogen-bond donors (Lipinski definition) is 0. The van der Waals surface area contributed by atoms with Gasteiger partial charge < -0.3 is 0 Å². The lowest BCUT2D eigenvalue weighted by atomic mass is 10.1. The van der Waals surface area contributed by atoms with E-state index in [0.717, 1.165) is 19.3 Å². The Morgan fingerprint density at radius 2 is 1.84 bits per heavy atom. The Morgan fingerprint density at radius 3 is 2.47 bits per heavy atom. The second kappa shape index (κ2) is 5.41. The highest BCUT2D eigenvalue weighted by Crippen LogP contribution is 2.80. The van der Waals surface area contributed by atoms with Gasteiger partial charge in [0, 0.05) is 4.90 Å². The van der Waals surface area contributed by atoms with Gasteiger partial charge in [0.15, 0.2) is 0 Å². The van der Waals surface area contributed by atoms with E-state index < -0.39 is 14.7 Å². The summed E-state index contributed by atoms with van der Waals surface area (Å²) in [5, 5.41) is 0. The van der Waals surface area contributed by atoms with Gasteiger partial charge in [-0.3, -0.25) is 0 Å². The predicted octanol–water partition coefficient (Wildman–Crippen LogP) is 6.46. The van der Waals surface area contributed by atoms with E-state index >= 15 is 0 Å². The monoisotopic (exact) mass is 308 g/mol. The molecule has 1 aliphatic heterocycles. The summed E-state index contributed by atoms with van der Waals surface area (Å²) in [6.45, 7) is 2.03. The molecule has 0 amide bonds. The first kappa shape index (κ1) is 14.8. The van der Waals surface area contributed by atoms with Crippen LogP contribution >= 0.6 is 19.9 Å². The molecule has 0 N–H and O–H groups in total. The van der Waals surface area contributed by atoms with Gasteiger partial charge in [-0.25, -0.2) is 0 Å². The normalized spacial score (nSPS) is 25.6.